The smallest absolute Gasteiger partial charge is 0.109 e. The van der Waals surface area contributed by atoms with Gasteiger partial charge in [-0.25, -0.2) is 5.43 Å². The third-order valence-electron chi connectivity index (χ3n) is 1.81. The zero-order valence-corrected chi connectivity index (χ0v) is 7.18. The van der Waals surface area contributed by atoms with Gasteiger partial charge in [-0.15, -0.1) is 0 Å². The van der Waals surface area contributed by atoms with Gasteiger partial charge >= 0.3 is 0 Å². The molecule has 0 aromatic carbocycles. The average molecular weight is 140 g/mol. The van der Waals surface area contributed by atoms with Gasteiger partial charge in [-0.2, -0.15) is 0 Å². The molecule has 0 bridgehead atoms. The molecule has 10 heavy (non-hydrogen) atoms. The van der Waals surface area contributed by atoms with Crippen LogP contribution in [-0.4, -0.2) is 11.2 Å². The van der Waals surface area contributed by atoms with E-state index in [0.717, 1.165) is 0 Å². The second kappa shape index (κ2) is 2.62. The Balaban J connectivity index is 2.51. The summed E-state index contributed by atoms with van der Waals surface area (Å²) < 4.78 is 0. The Morgan fingerprint density at radius 3 is 2.20 bits per heavy atom. The molecule has 0 spiro atoms. The molecule has 0 radical (unpaired) electrons. The van der Waals surface area contributed by atoms with Crippen molar-refractivity contribution in [2.75, 3.05) is 0 Å². The Hall–Kier alpha value is -0.500. The van der Waals surface area contributed by atoms with Crippen molar-refractivity contribution < 1.29 is 0 Å². The van der Waals surface area contributed by atoms with Crippen LogP contribution in [0.2, 0.25) is 0 Å². The van der Waals surface area contributed by atoms with E-state index in [1.165, 1.54) is 5.70 Å². The maximum absolute atomic E-state index is 3.23. The summed E-state index contributed by atoms with van der Waals surface area (Å²) in [4.78, 5) is 0. The van der Waals surface area contributed by atoms with Crippen LogP contribution in [0, 0.1) is 5.92 Å². The molecule has 0 aromatic rings. The van der Waals surface area contributed by atoms with Gasteiger partial charge in [-0.1, -0.05) is 19.9 Å². The Morgan fingerprint density at radius 1 is 1.60 bits per heavy atom. The van der Waals surface area contributed by atoms with Crippen LogP contribution >= 0.6 is 0 Å². The fraction of sp³-hybridized carbons (Fsp3) is 0.750. The molecule has 2 nitrogen and oxygen atoms in total. The van der Waals surface area contributed by atoms with Crippen LogP contribution in [0.15, 0.2) is 11.8 Å². The monoisotopic (exact) mass is 140 g/mol. The molecule has 58 valence electrons. The van der Waals surface area contributed by atoms with Gasteiger partial charge in [0.2, 0.25) is 0 Å². The van der Waals surface area contributed by atoms with Crippen molar-refractivity contribution in [1.29, 1.82) is 0 Å². The van der Waals surface area contributed by atoms with Crippen molar-refractivity contribution in [3.63, 3.8) is 0 Å². The van der Waals surface area contributed by atoms with Gasteiger partial charge in [-0.3, -0.25) is 5.01 Å². The van der Waals surface area contributed by atoms with Crippen molar-refractivity contribution in [2.24, 2.45) is 5.92 Å². The van der Waals surface area contributed by atoms with Crippen molar-refractivity contribution >= 4 is 0 Å². The molecule has 1 rings (SSSR count). The van der Waals surface area contributed by atoms with E-state index in [2.05, 4.69) is 44.2 Å². The number of rotatable bonds is 2. The number of allylic oxidation sites excluding steroid dienone is 2. The molecule has 1 N–H and O–H groups in total. The molecule has 0 saturated carbocycles. The average Bonchev–Trinajstić information content (AvgIpc) is 2.48. The summed E-state index contributed by atoms with van der Waals surface area (Å²) in [6, 6.07) is 0. The quantitative estimate of drug-likeness (QED) is 0.591. The normalized spacial score (nSPS) is 25.9. The minimum absolute atomic E-state index is 0.550. The first-order chi connectivity index (χ1) is 4.66. The third kappa shape index (κ3) is 1.32. The van der Waals surface area contributed by atoms with E-state index in [9.17, 15) is 0 Å². The molecule has 0 amide bonds. The highest BCUT2D eigenvalue weighted by Crippen LogP contribution is 2.22. The van der Waals surface area contributed by atoms with E-state index < -0.39 is 0 Å². The Morgan fingerprint density at radius 2 is 2.10 bits per heavy atom. The van der Waals surface area contributed by atoms with Crippen LogP contribution in [0.3, 0.4) is 0 Å². The molecule has 1 saturated heterocycles. The van der Waals surface area contributed by atoms with E-state index in [1.54, 1.807) is 0 Å². The maximum atomic E-state index is 3.23. The van der Waals surface area contributed by atoms with Crippen LogP contribution in [-0.2, 0) is 0 Å². The summed E-state index contributed by atoms with van der Waals surface area (Å²) in [6.07, 6.45) is 2.72. The fourth-order valence-corrected chi connectivity index (χ4v) is 1.22. The predicted molar refractivity (Wildman–Crippen MR) is 43.0 cm³/mol. The zero-order chi connectivity index (χ0) is 7.72. The van der Waals surface area contributed by atoms with Crippen LogP contribution in [0.1, 0.15) is 27.7 Å². The summed E-state index contributed by atoms with van der Waals surface area (Å²) in [7, 11) is 0. The van der Waals surface area contributed by atoms with Gasteiger partial charge in [0, 0.05) is 5.70 Å². The SMILES string of the molecule is CC=C(C(C)C)N1NC1C. The highest BCUT2D eigenvalue weighted by Gasteiger charge is 2.30. The van der Waals surface area contributed by atoms with E-state index in [-0.39, 0.29) is 0 Å². The molecule has 2 heteroatoms. The first-order valence-electron chi connectivity index (χ1n) is 3.88. The molecule has 1 heterocycles. The summed E-state index contributed by atoms with van der Waals surface area (Å²) in [5.74, 6) is 0.627. The standard InChI is InChI=1S/C8H16N2/c1-5-8(6(2)3)10-7(4)9-10/h5-7,9H,1-4H3. The molecule has 1 unspecified atom stereocenters. The zero-order valence-electron chi connectivity index (χ0n) is 7.18. The molecule has 0 aliphatic carbocycles. The number of nitrogens with zero attached hydrogens (tertiary/aromatic N) is 1. The highest BCUT2D eigenvalue weighted by molar-refractivity contribution is 5.07. The van der Waals surface area contributed by atoms with Gasteiger partial charge in [0.25, 0.3) is 0 Å². The van der Waals surface area contributed by atoms with Crippen molar-refractivity contribution in [3.05, 3.63) is 11.8 Å². The summed E-state index contributed by atoms with van der Waals surface area (Å²) in [6.45, 7) is 8.66. The number of hydrogen-bond acceptors (Lipinski definition) is 2. The van der Waals surface area contributed by atoms with E-state index in [0.29, 0.717) is 12.1 Å². The summed E-state index contributed by atoms with van der Waals surface area (Å²) >= 11 is 0. The molecular weight excluding hydrogens is 124 g/mol. The molecule has 1 fully saturated rings. The second-order valence-electron chi connectivity index (χ2n) is 3.04. The number of nitrogens with one attached hydrogen (secondary N) is 1. The topological polar surface area (TPSA) is 25.0 Å². The first-order valence-corrected chi connectivity index (χ1v) is 3.88. The van der Waals surface area contributed by atoms with Crippen LogP contribution in [0.25, 0.3) is 0 Å². The maximum Gasteiger partial charge on any atom is 0.109 e. The molecule has 0 aromatic heterocycles. The van der Waals surface area contributed by atoms with Crippen LogP contribution < -0.4 is 5.43 Å². The lowest BCUT2D eigenvalue weighted by Gasteiger charge is -2.10. The van der Waals surface area contributed by atoms with Gasteiger partial charge in [-0.05, 0) is 19.8 Å². The number of hydrogen-bond donors (Lipinski definition) is 1. The summed E-state index contributed by atoms with van der Waals surface area (Å²) in [5, 5.41) is 2.20. The molecule has 1 atom stereocenters. The van der Waals surface area contributed by atoms with Crippen molar-refractivity contribution in [2.45, 2.75) is 33.9 Å². The highest BCUT2D eigenvalue weighted by atomic mass is 15.7. The van der Waals surface area contributed by atoms with Crippen molar-refractivity contribution in [3.8, 4) is 0 Å². The molecular formula is C8H16N2. The van der Waals surface area contributed by atoms with E-state index in [1.807, 2.05) is 0 Å². The van der Waals surface area contributed by atoms with Gasteiger partial charge in [0.15, 0.2) is 0 Å². The second-order valence-corrected chi connectivity index (χ2v) is 3.04. The Bertz CT molecular complexity index is 149. The van der Waals surface area contributed by atoms with Gasteiger partial charge in [0.05, 0.1) is 0 Å². The molecule has 1 aliphatic heterocycles. The lowest BCUT2D eigenvalue weighted by Crippen LogP contribution is -2.07. The third-order valence-corrected chi connectivity index (χ3v) is 1.81. The summed E-state index contributed by atoms with van der Waals surface area (Å²) in [5.41, 5.74) is 4.62. The van der Waals surface area contributed by atoms with Gasteiger partial charge < -0.3 is 0 Å². The molecule has 1 aliphatic rings. The van der Waals surface area contributed by atoms with E-state index in [4.69, 9.17) is 0 Å². The Labute approximate surface area is 62.9 Å². The fourth-order valence-electron chi connectivity index (χ4n) is 1.22. The van der Waals surface area contributed by atoms with E-state index >= 15 is 0 Å². The first kappa shape index (κ1) is 7.61. The predicted octanol–water partition coefficient (Wildman–Crippen LogP) is 1.71. The minimum Gasteiger partial charge on any atom is -0.292 e. The lowest BCUT2D eigenvalue weighted by atomic mass is 10.1. The van der Waals surface area contributed by atoms with Gasteiger partial charge in [0.1, 0.15) is 6.17 Å². The van der Waals surface area contributed by atoms with Crippen LogP contribution in [0.4, 0.5) is 0 Å². The minimum atomic E-state index is 0.550. The van der Waals surface area contributed by atoms with Crippen molar-refractivity contribution in [1.82, 2.24) is 10.4 Å². The Kier molecular flexibility index (Phi) is 2.00. The lowest BCUT2D eigenvalue weighted by molar-refractivity contribution is 0.512. The van der Waals surface area contributed by atoms with Crippen LogP contribution in [0.5, 0.6) is 0 Å². The largest absolute Gasteiger partial charge is 0.292 e. The number of hydrazine groups is 1.